The van der Waals surface area contributed by atoms with Gasteiger partial charge in [0.05, 0.1) is 0 Å². The zero-order valence-electron chi connectivity index (χ0n) is 14.8. The van der Waals surface area contributed by atoms with Crippen molar-refractivity contribution in [3.63, 3.8) is 0 Å². The van der Waals surface area contributed by atoms with E-state index in [1.165, 1.54) is 57.8 Å². The van der Waals surface area contributed by atoms with E-state index < -0.39 is 0 Å². The van der Waals surface area contributed by atoms with Crippen molar-refractivity contribution in [3.05, 3.63) is 0 Å². The van der Waals surface area contributed by atoms with E-state index in [0.717, 1.165) is 23.9 Å². The highest BCUT2D eigenvalue weighted by Gasteiger charge is 2.25. The molecule has 2 heteroatoms. The predicted molar refractivity (Wildman–Crippen MR) is 92.7 cm³/mol. The largest absolute Gasteiger partial charge is 0.312 e. The van der Waals surface area contributed by atoms with E-state index in [1.54, 1.807) is 0 Å². The van der Waals surface area contributed by atoms with E-state index in [9.17, 15) is 0 Å². The molecular formula is C19H38N2. The van der Waals surface area contributed by atoms with E-state index in [-0.39, 0.29) is 0 Å². The van der Waals surface area contributed by atoms with Gasteiger partial charge in [0.15, 0.2) is 0 Å². The van der Waals surface area contributed by atoms with Gasteiger partial charge < -0.3 is 10.6 Å². The molecule has 2 saturated carbocycles. The van der Waals surface area contributed by atoms with Gasteiger partial charge in [-0.15, -0.1) is 0 Å². The summed E-state index contributed by atoms with van der Waals surface area (Å²) in [6.07, 6.45) is 12.7. The Morgan fingerprint density at radius 1 is 0.857 bits per heavy atom. The zero-order chi connectivity index (χ0) is 15.2. The molecule has 0 saturated heterocycles. The minimum atomic E-state index is 0.633. The maximum atomic E-state index is 3.92. The summed E-state index contributed by atoms with van der Waals surface area (Å²) < 4.78 is 0. The maximum absolute atomic E-state index is 3.92. The Labute approximate surface area is 132 Å². The number of hydrogen-bond donors (Lipinski definition) is 2. The molecule has 2 rings (SSSR count). The second-order valence-electron chi connectivity index (χ2n) is 8.31. The van der Waals surface area contributed by atoms with Crippen LogP contribution in [0.1, 0.15) is 85.5 Å². The Morgan fingerprint density at radius 2 is 1.57 bits per heavy atom. The van der Waals surface area contributed by atoms with E-state index in [4.69, 9.17) is 0 Å². The van der Waals surface area contributed by atoms with E-state index >= 15 is 0 Å². The third-order valence-corrected chi connectivity index (χ3v) is 5.57. The summed E-state index contributed by atoms with van der Waals surface area (Å²) in [6, 6.07) is 2.90. The van der Waals surface area contributed by atoms with E-state index in [0.29, 0.717) is 12.1 Å². The SMILES string of the molecule is CC1CCC(NC(C)CC2CCCC(NC(C)C)C2)CC1. The Kier molecular flexibility index (Phi) is 7.01. The molecule has 0 aliphatic heterocycles. The van der Waals surface area contributed by atoms with Crippen LogP contribution in [-0.2, 0) is 0 Å². The third-order valence-electron chi connectivity index (χ3n) is 5.57. The molecule has 0 bridgehead atoms. The fourth-order valence-corrected chi connectivity index (χ4v) is 4.53. The summed E-state index contributed by atoms with van der Waals surface area (Å²) in [5.74, 6) is 1.89. The van der Waals surface area contributed by atoms with Crippen molar-refractivity contribution in [1.29, 1.82) is 0 Å². The normalized spacial score (nSPS) is 35.9. The molecule has 2 nitrogen and oxygen atoms in total. The Hall–Kier alpha value is -0.0800. The van der Waals surface area contributed by atoms with Crippen LogP contribution in [0.2, 0.25) is 0 Å². The Bertz CT molecular complexity index is 281. The lowest BCUT2D eigenvalue weighted by molar-refractivity contribution is 0.228. The molecule has 2 aliphatic carbocycles. The summed E-state index contributed by atoms with van der Waals surface area (Å²) in [4.78, 5) is 0. The standard InChI is InChI=1S/C19H38N2/c1-14(2)20-19-7-5-6-17(13-19)12-16(4)21-18-10-8-15(3)9-11-18/h14-21H,5-13H2,1-4H3. The van der Waals surface area contributed by atoms with Crippen molar-refractivity contribution in [2.75, 3.05) is 0 Å². The lowest BCUT2D eigenvalue weighted by Gasteiger charge is -2.34. The predicted octanol–water partition coefficient (Wildman–Crippen LogP) is 4.49. The van der Waals surface area contributed by atoms with Crippen molar-refractivity contribution in [2.24, 2.45) is 11.8 Å². The number of rotatable bonds is 6. The number of nitrogens with one attached hydrogen (secondary N) is 2. The molecule has 0 aromatic rings. The Morgan fingerprint density at radius 3 is 2.24 bits per heavy atom. The summed E-state index contributed by atoms with van der Waals surface area (Å²) in [7, 11) is 0. The molecule has 0 amide bonds. The molecule has 0 heterocycles. The third kappa shape index (κ3) is 6.28. The molecular weight excluding hydrogens is 256 g/mol. The highest BCUT2D eigenvalue weighted by atomic mass is 15.0. The number of hydrogen-bond acceptors (Lipinski definition) is 2. The van der Waals surface area contributed by atoms with Gasteiger partial charge in [-0.3, -0.25) is 0 Å². The van der Waals surface area contributed by atoms with Crippen LogP contribution in [0.4, 0.5) is 0 Å². The lowest BCUT2D eigenvalue weighted by atomic mass is 9.81. The molecule has 21 heavy (non-hydrogen) atoms. The minimum Gasteiger partial charge on any atom is -0.312 e. The average molecular weight is 295 g/mol. The first kappa shape index (κ1) is 17.3. The van der Waals surface area contributed by atoms with Crippen molar-refractivity contribution in [1.82, 2.24) is 10.6 Å². The molecule has 2 aliphatic rings. The van der Waals surface area contributed by atoms with Gasteiger partial charge in [-0.1, -0.05) is 33.6 Å². The molecule has 2 fully saturated rings. The van der Waals surface area contributed by atoms with Gasteiger partial charge in [0, 0.05) is 24.2 Å². The second-order valence-corrected chi connectivity index (χ2v) is 8.31. The molecule has 0 aromatic heterocycles. The summed E-state index contributed by atoms with van der Waals surface area (Å²) in [6.45, 7) is 9.37. The van der Waals surface area contributed by atoms with Crippen molar-refractivity contribution < 1.29 is 0 Å². The average Bonchev–Trinajstić information content (AvgIpc) is 2.41. The summed E-state index contributed by atoms with van der Waals surface area (Å²) in [5.41, 5.74) is 0. The first-order valence-corrected chi connectivity index (χ1v) is 9.55. The summed E-state index contributed by atoms with van der Waals surface area (Å²) in [5, 5.41) is 7.67. The molecule has 0 radical (unpaired) electrons. The van der Waals surface area contributed by atoms with Gasteiger partial charge >= 0.3 is 0 Å². The van der Waals surface area contributed by atoms with E-state index in [2.05, 4.69) is 38.3 Å². The molecule has 124 valence electrons. The van der Waals surface area contributed by atoms with Gasteiger partial charge in [0.1, 0.15) is 0 Å². The first-order chi connectivity index (χ1) is 10.0. The van der Waals surface area contributed by atoms with Gasteiger partial charge in [-0.05, 0) is 63.7 Å². The van der Waals surface area contributed by atoms with Gasteiger partial charge in [-0.2, -0.15) is 0 Å². The molecule has 0 spiro atoms. The van der Waals surface area contributed by atoms with E-state index in [1.807, 2.05) is 0 Å². The Balaban J connectivity index is 1.68. The highest BCUT2D eigenvalue weighted by Crippen LogP contribution is 2.29. The molecule has 2 N–H and O–H groups in total. The topological polar surface area (TPSA) is 24.1 Å². The molecule has 0 aromatic carbocycles. The zero-order valence-corrected chi connectivity index (χ0v) is 14.8. The second kappa shape index (κ2) is 8.53. The fourth-order valence-electron chi connectivity index (χ4n) is 4.53. The minimum absolute atomic E-state index is 0.633. The van der Waals surface area contributed by atoms with Crippen molar-refractivity contribution in [2.45, 2.75) is 110 Å². The van der Waals surface area contributed by atoms with Crippen LogP contribution < -0.4 is 10.6 Å². The van der Waals surface area contributed by atoms with Crippen LogP contribution in [0.3, 0.4) is 0 Å². The molecule has 3 unspecified atom stereocenters. The highest BCUT2D eigenvalue weighted by molar-refractivity contribution is 4.83. The van der Waals surface area contributed by atoms with Crippen LogP contribution in [0.5, 0.6) is 0 Å². The first-order valence-electron chi connectivity index (χ1n) is 9.55. The van der Waals surface area contributed by atoms with Crippen LogP contribution >= 0.6 is 0 Å². The quantitative estimate of drug-likeness (QED) is 0.754. The fraction of sp³-hybridized carbons (Fsp3) is 1.00. The maximum Gasteiger partial charge on any atom is 0.00720 e. The van der Waals surface area contributed by atoms with Gasteiger partial charge in [0.2, 0.25) is 0 Å². The lowest BCUT2D eigenvalue weighted by Crippen LogP contribution is -2.42. The van der Waals surface area contributed by atoms with Crippen LogP contribution in [0, 0.1) is 11.8 Å². The van der Waals surface area contributed by atoms with Crippen molar-refractivity contribution in [3.8, 4) is 0 Å². The van der Waals surface area contributed by atoms with Crippen molar-refractivity contribution >= 4 is 0 Å². The van der Waals surface area contributed by atoms with Crippen LogP contribution in [0.25, 0.3) is 0 Å². The smallest absolute Gasteiger partial charge is 0.00720 e. The monoisotopic (exact) mass is 294 g/mol. The molecule has 3 atom stereocenters. The van der Waals surface area contributed by atoms with Gasteiger partial charge in [-0.25, -0.2) is 0 Å². The van der Waals surface area contributed by atoms with Gasteiger partial charge in [0.25, 0.3) is 0 Å². The summed E-state index contributed by atoms with van der Waals surface area (Å²) >= 11 is 0. The van der Waals surface area contributed by atoms with Crippen LogP contribution in [0.15, 0.2) is 0 Å². The van der Waals surface area contributed by atoms with Crippen LogP contribution in [-0.4, -0.2) is 24.2 Å².